The molecule has 1 N–H and O–H groups in total. The highest BCUT2D eigenvalue weighted by Crippen LogP contribution is 2.37. The Kier molecular flexibility index (Phi) is 8.01. The Morgan fingerprint density at radius 2 is 1.89 bits per heavy atom. The zero-order valence-corrected chi connectivity index (χ0v) is 26.5. The zero-order valence-electron chi connectivity index (χ0n) is 24.8. The van der Waals surface area contributed by atoms with Gasteiger partial charge in [-0.05, 0) is 66.4 Å². The third-order valence-corrected chi connectivity index (χ3v) is 11.2. The normalized spacial score (nSPS) is 20.7. The van der Waals surface area contributed by atoms with Crippen molar-refractivity contribution in [1.29, 1.82) is 0 Å². The number of carbonyl (C=O) groups excluding carboxylic acids is 1. The molecular weight excluding hydrogens is 591 g/mol. The van der Waals surface area contributed by atoms with Gasteiger partial charge in [0.15, 0.2) is 0 Å². The molecule has 44 heavy (non-hydrogen) atoms. The van der Waals surface area contributed by atoms with Crippen LogP contribution in [-0.4, -0.2) is 66.7 Å². The van der Waals surface area contributed by atoms with E-state index in [4.69, 9.17) is 0 Å². The number of likely N-dealkylation sites (tertiary alicyclic amines) is 2. The van der Waals surface area contributed by atoms with E-state index < -0.39 is 5.60 Å². The molecule has 2 aliphatic rings. The average Bonchev–Trinajstić information content (AvgIpc) is 3.81. The van der Waals surface area contributed by atoms with Crippen molar-refractivity contribution in [3.63, 3.8) is 0 Å². The molecule has 6 heterocycles. The molecule has 0 saturated carbocycles. The first-order chi connectivity index (χ1) is 21.4. The number of piperidine rings is 2. The topological polar surface area (TPSA) is 83.6 Å². The molecule has 2 atom stereocenters. The molecule has 8 nitrogen and oxygen atoms in total. The van der Waals surface area contributed by atoms with Gasteiger partial charge in [0, 0.05) is 66.6 Å². The van der Waals surface area contributed by atoms with Gasteiger partial charge in [0.25, 0.3) is 5.56 Å². The number of hydrogen-bond donors (Lipinski definition) is 1. The molecule has 7 rings (SSSR count). The summed E-state index contributed by atoms with van der Waals surface area (Å²) in [5.41, 5.74) is 1.92. The van der Waals surface area contributed by atoms with Gasteiger partial charge in [0.1, 0.15) is 12.0 Å². The number of thiophene rings is 2. The summed E-state index contributed by atoms with van der Waals surface area (Å²) in [6, 6.07) is 18.9. The van der Waals surface area contributed by atoms with Crippen LogP contribution in [0.5, 0.6) is 0 Å². The highest BCUT2D eigenvalue weighted by Gasteiger charge is 2.41. The van der Waals surface area contributed by atoms with E-state index >= 15 is 0 Å². The monoisotopic (exact) mass is 627 g/mol. The lowest BCUT2D eigenvalue weighted by Crippen LogP contribution is -2.53. The maximum absolute atomic E-state index is 14.1. The highest BCUT2D eigenvalue weighted by molar-refractivity contribution is 7.16. The molecule has 0 unspecified atom stereocenters. The Hall–Kier alpha value is -3.57. The maximum atomic E-state index is 14.1. The maximum Gasteiger partial charge on any atom is 0.262 e. The van der Waals surface area contributed by atoms with Crippen molar-refractivity contribution >= 4 is 39.6 Å². The summed E-state index contributed by atoms with van der Waals surface area (Å²) < 4.78 is 3.33. The summed E-state index contributed by atoms with van der Waals surface area (Å²) in [5, 5.41) is 16.3. The molecule has 2 fully saturated rings. The molecule has 2 aliphatic heterocycles. The van der Waals surface area contributed by atoms with E-state index in [0.717, 1.165) is 26.1 Å². The molecule has 0 aliphatic carbocycles. The number of aryl methyl sites for hydroxylation is 1. The minimum absolute atomic E-state index is 0.100. The van der Waals surface area contributed by atoms with Gasteiger partial charge in [-0.1, -0.05) is 30.3 Å². The van der Waals surface area contributed by atoms with Crippen LogP contribution in [0.25, 0.3) is 21.5 Å². The van der Waals surface area contributed by atoms with Crippen molar-refractivity contribution < 1.29 is 9.90 Å². The fourth-order valence-electron chi connectivity index (χ4n) is 6.89. The summed E-state index contributed by atoms with van der Waals surface area (Å²) in [6.07, 6.45) is 5.01. The first-order valence-electron chi connectivity index (χ1n) is 15.3. The Balaban J connectivity index is 1.02. The molecule has 10 heteroatoms. The highest BCUT2D eigenvalue weighted by atomic mass is 32.1. The van der Waals surface area contributed by atoms with Crippen molar-refractivity contribution in [1.82, 2.24) is 23.9 Å². The Morgan fingerprint density at radius 3 is 2.66 bits per heavy atom. The predicted molar refractivity (Wildman–Crippen MR) is 176 cm³/mol. The molecule has 1 amide bonds. The van der Waals surface area contributed by atoms with Crippen LogP contribution in [0.15, 0.2) is 82.7 Å². The minimum Gasteiger partial charge on any atom is -0.388 e. The van der Waals surface area contributed by atoms with Gasteiger partial charge in [-0.25, -0.2) is 4.98 Å². The molecular formula is C34H37N5O3S2. The second kappa shape index (κ2) is 12.1. The van der Waals surface area contributed by atoms with E-state index in [1.165, 1.54) is 31.8 Å². The lowest BCUT2D eigenvalue weighted by Gasteiger charge is -2.43. The molecule has 0 bridgehead atoms. The van der Waals surface area contributed by atoms with Gasteiger partial charge in [-0.15, -0.1) is 11.3 Å². The van der Waals surface area contributed by atoms with E-state index in [-0.39, 0.29) is 29.8 Å². The third-order valence-electron chi connectivity index (χ3n) is 9.41. The molecule has 228 valence electrons. The van der Waals surface area contributed by atoms with Gasteiger partial charge >= 0.3 is 0 Å². The summed E-state index contributed by atoms with van der Waals surface area (Å²) in [6.45, 7) is 3.73. The van der Waals surface area contributed by atoms with E-state index in [9.17, 15) is 14.7 Å². The first-order valence-corrected chi connectivity index (χ1v) is 17.0. The van der Waals surface area contributed by atoms with Crippen LogP contribution < -0.4 is 5.56 Å². The molecule has 0 spiro atoms. The van der Waals surface area contributed by atoms with Crippen molar-refractivity contribution in [2.24, 2.45) is 13.0 Å². The summed E-state index contributed by atoms with van der Waals surface area (Å²) in [4.78, 5) is 38.6. The van der Waals surface area contributed by atoms with Gasteiger partial charge in [0.2, 0.25) is 5.91 Å². The minimum atomic E-state index is -1.06. The van der Waals surface area contributed by atoms with Crippen molar-refractivity contribution in [2.45, 2.75) is 43.9 Å². The number of aromatic nitrogens is 3. The van der Waals surface area contributed by atoms with E-state index in [2.05, 4.69) is 63.1 Å². The van der Waals surface area contributed by atoms with Crippen LogP contribution in [0, 0.1) is 5.92 Å². The molecule has 5 aromatic rings. The second-order valence-electron chi connectivity index (χ2n) is 12.3. The van der Waals surface area contributed by atoms with Crippen molar-refractivity contribution in [3.05, 3.63) is 98.7 Å². The predicted octanol–water partition coefficient (Wildman–Crippen LogP) is 5.18. The SMILES string of the molecule is Cn1ccc2c(=O)n(CC3(O)CCN(C(=O)[C@@H]4CCN(Cc5ccc(-c6ccsc6)s5)C[C@H]4c4ccccc4)CC3)cnc21. The number of carbonyl (C=O) groups is 1. The van der Waals surface area contributed by atoms with Gasteiger partial charge in [-0.2, -0.15) is 11.3 Å². The fraction of sp³-hybridized carbons (Fsp3) is 0.382. The lowest BCUT2D eigenvalue weighted by atomic mass is 9.79. The van der Waals surface area contributed by atoms with Crippen molar-refractivity contribution in [3.8, 4) is 10.4 Å². The van der Waals surface area contributed by atoms with Crippen LogP contribution in [0.1, 0.15) is 35.6 Å². The number of benzene rings is 1. The largest absolute Gasteiger partial charge is 0.388 e. The van der Waals surface area contributed by atoms with E-state index in [1.807, 2.05) is 40.1 Å². The second-order valence-corrected chi connectivity index (χ2v) is 14.3. The quantitative estimate of drug-likeness (QED) is 0.269. The third kappa shape index (κ3) is 5.79. The summed E-state index contributed by atoms with van der Waals surface area (Å²) in [7, 11) is 1.86. The number of nitrogens with zero attached hydrogens (tertiary/aromatic N) is 5. The summed E-state index contributed by atoms with van der Waals surface area (Å²) in [5.74, 6) is 0.189. The van der Waals surface area contributed by atoms with E-state index in [0.29, 0.717) is 37.0 Å². The average molecular weight is 628 g/mol. The van der Waals surface area contributed by atoms with Crippen LogP contribution in [-0.2, 0) is 24.9 Å². The fourth-order valence-corrected chi connectivity index (χ4v) is 8.66. The van der Waals surface area contributed by atoms with Gasteiger partial charge in [-0.3, -0.25) is 19.1 Å². The van der Waals surface area contributed by atoms with Crippen molar-refractivity contribution in [2.75, 3.05) is 26.2 Å². The van der Waals surface area contributed by atoms with Gasteiger partial charge < -0.3 is 14.6 Å². The number of amides is 1. The number of rotatable bonds is 7. The van der Waals surface area contributed by atoms with Crippen LogP contribution in [0.4, 0.5) is 0 Å². The lowest BCUT2D eigenvalue weighted by molar-refractivity contribution is -0.142. The van der Waals surface area contributed by atoms with E-state index in [1.54, 1.807) is 17.4 Å². The Bertz CT molecular complexity index is 1800. The number of aliphatic hydroxyl groups is 1. The molecule has 0 radical (unpaired) electrons. The smallest absolute Gasteiger partial charge is 0.262 e. The Morgan fingerprint density at radius 1 is 1.07 bits per heavy atom. The summed E-state index contributed by atoms with van der Waals surface area (Å²) >= 11 is 3.58. The molecule has 2 saturated heterocycles. The molecule has 1 aromatic carbocycles. The Labute approximate surface area is 264 Å². The first kappa shape index (κ1) is 29.2. The number of fused-ring (bicyclic) bond motifs is 1. The number of hydrogen-bond acceptors (Lipinski definition) is 7. The van der Waals surface area contributed by atoms with Crippen LogP contribution >= 0.6 is 22.7 Å². The van der Waals surface area contributed by atoms with Crippen LogP contribution in [0.3, 0.4) is 0 Å². The van der Waals surface area contributed by atoms with Crippen LogP contribution in [0.2, 0.25) is 0 Å². The van der Waals surface area contributed by atoms with Gasteiger partial charge in [0.05, 0.1) is 17.5 Å². The zero-order chi connectivity index (χ0) is 30.3. The molecule has 4 aromatic heterocycles. The standard InChI is InChI=1S/C34H37N5O3S2/c1-36-14-9-28-31(36)35-23-39(33(28)41)22-34(42)12-16-38(17-13-34)32(40)27-10-15-37(20-29(27)24-5-3-2-4-6-24)19-26-7-8-30(44-26)25-11-18-43-21-25/h2-9,11,14,18,21,23,27,29,42H,10,12-13,15-17,19-20,22H2,1H3/t27-,29+/m1/s1.